The number of ether oxygens (including phenoxy) is 1. The highest BCUT2D eigenvalue weighted by molar-refractivity contribution is 6.03. The number of H-pyrrole nitrogens is 1. The predicted molar refractivity (Wildman–Crippen MR) is 102 cm³/mol. The number of aromatic nitrogens is 1. The van der Waals surface area contributed by atoms with Crippen molar-refractivity contribution < 1.29 is 9.53 Å². The fraction of sp³-hybridized carbons (Fsp3) is 0.227. The molecule has 3 nitrogen and oxygen atoms in total. The summed E-state index contributed by atoms with van der Waals surface area (Å²) in [5.41, 5.74) is 5.48. The Morgan fingerprint density at radius 2 is 1.52 bits per heavy atom. The number of benzene rings is 2. The van der Waals surface area contributed by atoms with Crippen LogP contribution < -0.4 is 0 Å². The Balaban J connectivity index is 2.32. The first kappa shape index (κ1) is 17.0. The second-order valence-corrected chi connectivity index (χ2v) is 6.27. The van der Waals surface area contributed by atoms with E-state index in [0.29, 0.717) is 12.2 Å². The summed E-state index contributed by atoms with van der Waals surface area (Å²) in [5.74, 6) is -0.0946. The molecule has 25 heavy (non-hydrogen) atoms. The van der Waals surface area contributed by atoms with Crippen LogP contribution in [0.1, 0.15) is 42.7 Å². The first-order valence-corrected chi connectivity index (χ1v) is 8.67. The van der Waals surface area contributed by atoms with Crippen LogP contribution in [-0.4, -0.2) is 17.6 Å². The Labute approximate surface area is 148 Å². The maximum Gasteiger partial charge on any atom is 0.340 e. The number of esters is 1. The van der Waals surface area contributed by atoms with Crippen molar-refractivity contribution in [3.63, 3.8) is 0 Å². The highest BCUT2D eigenvalue weighted by atomic mass is 16.5. The first-order chi connectivity index (χ1) is 12.1. The minimum absolute atomic E-state index is 0.180. The number of aromatic amines is 1. The Morgan fingerprint density at radius 1 is 0.960 bits per heavy atom. The van der Waals surface area contributed by atoms with Gasteiger partial charge >= 0.3 is 5.97 Å². The van der Waals surface area contributed by atoms with E-state index in [9.17, 15) is 4.79 Å². The van der Waals surface area contributed by atoms with E-state index < -0.39 is 0 Å². The lowest BCUT2D eigenvalue weighted by Gasteiger charge is -2.10. The summed E-state index contributed by atoms with van der Waals surface area (Å²) in [7, 11) is 0. The van der Waals surface area contributed by atoms with Crippen molar-refractivity contribution in [2.75, 3.05) is 6.61 Å². The molecule has 0 amide bonds. The summed E-state index contributed by atoms with van der Waals surface area (Å²) in [6.07, 6.45) is 0. The molecule has 0 aliphatic heterocycles. The molecule has 0 radical (unpaired) electrons. The van der Waals surface area contributed by atoms with Crippen molar-refractivity contribution >= 4 is 5.97 Å². The third-order valence-corrected chi connectivity index (χ3v) is 4.21. The van der Waals surface area contributed by atoms with Crippen LogP contribution in [0.25, 0.3) is 22.4 Å². The minimum Gasteiger partial charge on any atom is -0.462 e. The van der Waals surface area contributed by atoms with Gasteiger partial charge in [-0.05, 0) is 24.0 Å². The zero-order valence-corrected chi connectivity index (χ0v) is 14.9. The van der Waals surface area contributed by atoms with Gasteiger partial charge in [0, 0.05) is 11.3 Å². The molecule has 128 valence electrons. The van der Waals surface area contributed by atoms with Crippen molar-refractivity contribution in [2.24, 2.45) is 0 Å². The molecule has 3 rings (SSSR count). The van der Waals surface area contributed by atoms with E-state index in [1.807, 2.05) is 55.5 Å². The zero-order chi connectivity index (χ0) is 17.8. The average Bonchev–Trinajstić information content (AvgIpc) is 3.04. The molecule has 3 aromatic rings. The highest BCUT2D eigenvalue weighted by Crippen LogP contribution is 2.39. The van der Waals surface area contributed by atoms with Gasteiger partial charge in [-0.25, -0.2) is 4.79 Å². The Hall–Kier alpha value is -2.81. The largest absolute Gasteiger partial charge is 0.462 e. The van der Waals surface area contributed by atoms with E-state index >= 15 is 0 Å². The van der Waals surface area contributed by atoms with Crippen LogP contribution in [0.2, 0.25) is 0 Å². The summed E-state index contributed by atoms with van der Waals surface area (Å²) in [6, 6.07) is 20.1. The van der Waals surface area contributed by atoms with Gasteiger partial charge in [-0.1, -0.05) is 74.5 Å². The van der Waals surface area contributed by atoms with Gasteiger partial charge in [0.05, 0.1) is 17.9 Å². The van der Waals surface area contributed by atoms with E-state index in [2.05, 4.69) is 31.0 Å². The van der Waals surface area contributed by atoms with Crippen molar-refractivity contribution in [1.29, 1.82) is 0 Å². The molecule has 0 spiro atoms. The van der Waals surface area contributed by atoms with Gasteiger partial charge in [-0.2, -0.15) is 0 Å². The van der Waals surface area contributed by atoms with Crippen LogP contribution in [-0.2, 0) is 4.74 Å². The standard InChI is InChI=1S/C22H23NO2/c1-4-25-22(24)19-18(16-11-7-5-8-12-16)21(23-20(19)15(2)3)17-13-9-6-10-14-17/h5-15,23H,4H2,1-3H3. The average molecular weight is 333 g/mol. The Morgan fingerprint density at radius 3 is 2.04 bits per heavy atom. The Bertz CT molecular complexity index is 848. The molecule has 1 heterocycles. The molecule has 3 heteroatoms. The number of rotatable bonds is 5. The highest BCUT2D eigenvalue weighted by Gasteiger charge is 2.27. The number of nitrogens with one attached hydrogen (secondary N) is 1. The van der Waals surface area contributed by atoms with Crippen molar-refractivity contribution in [2.45, 2.75) is 26.7 Å². The molecule has 0 saturated carbocycles. The maximum atomic E-state index is 12.8. The van der Waals surface area contributed by atoms with E-state index in [-0.39, 0.29) is 11.9 Å². The van der Waals surface area contributed by atoms with Gasteiger partial charge in [0.2, 0.25) is 0 Å². The lowest BCUT2D eigenvalue weighted by atomic mass is 9.95. The summed E-state index contributed by atoms with van der Waals surface area (Å²) in [6.45, 7) is 6.35. The molecule has 0 aliphatic carbocycles. The quantitative estimate of drug-likeness (QED) is 0.613. The number of carbonyl (C=O) groups excluding carboxylic acids is 1. The van der Waals surface area contributed by atoms with Gasteiger partial charge in [0.25, 0.3) is 0 Å². The zero-order valence-electron chi connectivity index (χ0n) is 14.9. The minimum atomic E-state index is -0.275. The molecule has 0 bridgehead atoms. The molecular formula is C22H23NO2. The molecule has 1 aromatic heterocycles. The third kappa shape index (κ3) is 3.36. The second kappa shape index (κ2) is 7.39. The van der Waals surface area contributed by atoms with Crippen LogP contribution >= 0.6 is 0 Å². The lowest BCUT2D eigenvalue weighted by molar-refractivity contribution is 0.0525. The SMILES string of the molecule is CCOC(=O)c1c(C(C)C)[nH]c(-c2ccccc2)c1-c1ccccc1. The smallest absolute Gasteiger partial charge is 0.340 e. The van der Waals surface area contributed by atoms with Crippen molar-refractivity contribution in [1.82, 2.24) is 4.98 Å². The molecule has 0 atom stereocenters. The van der Waals surface area contributed by atoms with Crippen LogP contribution in [0.3, 0.4) is 0 Å². The van der Waals surface area contributed by atoms with E-state index in [1.54, 1.807) is 0 Å². The second-order valence-electron chi connectivity index (χ2n) is 6.27. The van der Waals surface area contributed by atoms with Crippen LogP contribution in [0.4, 0.5) is 0 Å². The molecule has 0 fully saturated rings. The van der Waals surface area contributed by atoms with Gasteiger partial charge in [-0.15, -0.1) is 0 Å². The third-order valence-electron chi connectivity index (χ3n) is 4.21. The molecule has 1 N–H and O–H groups in total. The normalized spacial score (nSPS) is 10.9. The first-order valence-electron chi connectivity index (χ1n) is 8.67. The van der Waals surface area contributed by atoms with Crippen LogP contribution in [0, 0.1) is 0 Å². The summed E-state index contributed by atoms with van der Waals surface area (Å²) in [4.78, 5) is 16.3. The van der Waals surface area contributed by atoms with Crippen molar-refractivity contribution in [3.05, 3.63) is 71.9 Å². The number of carbonyl (C=O) groups is 1. The lowest BCUT2D eigenvalue weighted by Crippen LogP contribution is -2.09. The summed E-state index contributed by atoms with van der Waals surface area (Å²) >= 11 is 0. The predicted octanol–water partition coefficient (Wildman–Crippen LogP) is 5.65. The van der Waals surface area contributed by atoms with Crippen LogP contribution in [0.5, 0.6) is 0 Å². The molecule has 0 unspecified atom stereocenters. The van der Waals surface area contributed by atoms with Gasteiger partial charge in [0.15, 0.2) is 0 Å². The Kier molecular flexibility index (Phi) is 5.03. The fourth-order valence-electron chi connectivity index (χ4n) is 3.08. The van der Waals surface area contributed by atoms with E-state index in [0.717, 1.165) is 28.1 Å². The fourth-order valence-corrected chi connectivity index (χ4v) is 3.08. The topological polar surface area (TPSA) is 42.1 Å². The van der Waals surface area contributed by atoms with Gasteiger partial charge in [-0.3, -0.25) is 0 Å². The molecular weight excluding hydrogens is 310 g/mol. The monoisotopic (exact) mass is 333 g/mol. The summed E-state index contributed by atoms with van der Waals surface area (Å²) in [5, 5.41) is 0. The molecule has 2 aromatic carbocycles. The van der Waals surface area contributed by atoms with Gasteiger partial charge < -0.3 is 9.72 Å². The number of hydrogen-bond donors (Lipinski definition) is 1. The van der Waals surface area contributed by atoms with Crippen molar-refractivity contribution in [3.8, 4) is 22.4 Å². The molecule has 0 aliphatic rings. The summed E-state index contributed by atoms with van der Waals surface area (Å²) < 4.78 is 5.37. The van der Waals surface area contributed by atoms with E-state index in [4.69, 9.17) is 4.74 Å². The van der Waals surface area contributed by atoms with Gasteiger partial charge in [0.1, 0.15) is 0 Å². The number of hydrogen-bond acceptors (Lipinski definition) is 2. The van der Waals surface area contributed by atoms with Crippen LogP contribution in [0.15, 0.2) is 60.7 Å². The van der Waals surface area contributed by atoms with E-state index in [1.165, 1.54) is 0 Å². The molecule has 0 saturated heterocycles. The maximum absolute atomic E-state index is 12.8.